The van der Waals surface area contributed by atoms with Gasteiger partial charge in [-0.3, -0.25) is 4.79 Å². The molecule has 0 spiro atoms. The third-order valence-corrected chi connectivity index (χ3v) is 3.42. The minimum Gasteiger partial charge on any atom is -0.497 e. The number of aromatic nitrogens is 1. The van der Waals surface area contributed by atoms with Crippen molar-refractivity contribution in [2.45, 2.75) is 40.7 Å². The lowest BCUT2D eigenvalue weighted by molar-refractivity contribution is 0.415. The summed E-state index contributed by atoms with van der Waals surface area (Å²) < 4.78 is 7.07. The Bertz CT molecular complexity index is 644. The summed E-state index contributed by atoms with van der Waals surface area (Å²) in [6.07, 6.45) is 4.04. The Morgan fingerprint density at radius 3 is 2.62 bits per heavy atom. The molecule has 1 aromatic heterocycles. The monoisotopic (exact) mass is 287 g/mol. The summed E-state index contributed by atoms with van der Waals surface area (Å²) in [6.45, 7) is 4.77. The SMILES string of the molecule is C.CCCCn1cc(-c2cccc(OC)c2)cc(C)c1=O. The van der Waals surface area contributed by atoms with Gasteiger partial charge in [-0.1, -0.05) is 32.9 Å². The first-order valence-electron chi connectivity index (χ1n) is 7.01. The molecule has 0 saturated carbocycles. The second kappa shape index (κ2) is 7.67. The maximum atomic E-state index is 12.1. The van der Waals surface area contributed by atoms with Crippen molar-refractivity contribution in [3.8, 4) is 16.9 Å². The summed E-state index contributed by atoms with van der Waals surface area (Å²) in [4.78, 5) is 12.1. The van der Waals surface area contributed by atoms with Crippen LogP contribution in [0.1, 0.15) is 32.8 Å². The molecule has 0 aliphatic rings. The number of hydrogen-bond acceptors (Lipinski definition) is 2. The summed E-state index contributed by atoms with van der Waals surface area (Å²) in [6, 6.07) is 9.85. The largest absolute Gasteiger partial charge is 0.497 e. The molecule has 0 aliphatic heterocycles. The highest BCUT2D eigenvalue weighted by molar-refractivity contribution is 5.64. The van der Waals surface area contributed by atoms with Crippen LogP contribution in [-0.4, -0.2) is 11.7 Å². The van der Waals surface area contributed by atoms with Gasteiger partial charge in [0.15, 0.2) is 0 Å². The van der Waals surface area contributed by atoms with Gasteiger partial charge in [-0.25, -0.2) is 0 Å². The molecule has 3 nitrogen and oxygen atoms in total. The predicted molar refractivity (Wildman–Crippen MR) is 89.1 cm³/mol. The van der Waals surface area contributed by atoms with Crippen LogP contribution in [0.3, 0.4) is 0 Å². The molecule has 0 bridgehead atoms. The lowest BCUT2D eigenvalue weighted by Crippen LogP contribution is -2.21. The van der Waals surface area contributed by atoms with E-state index in [0.29, 0.717) is 0 Å². The van der Waals surface area contributed by atoms with Gasteiger partial charge < -0.3 is 9.30 Å². The van der Waals surface area contributed by atoms with E-state index in [1.165, 1.54) is 0 Å². The van der Waals surface area contributed by atoms with Crippen LogP contribution >= 0.6 is 0 Å². The van der Waals surface area contributed by atoms with Gasteiger partial charge in [0.05, 0.1) is 7.11 Å². The quantitative estimate of drug-likeness (QED) is 0.822. The highest BCUT2D eigenvalue weighted by Gasteiger charge is 2.06. The standard InChI is InChI=1S/C17H21NO2.CH4/c1-4-5-9-18-12-15(10-13(2)17(18)19)14-7-6-8-16(11-14)20-3;/h6-8,10-12H,4-5,9H2,1-3H3;1H4. The molecule has 1 heterocycles. The predicted octanol–water partition coefficient (Wildman–Crippen LogP) is 4.27. The molecule has 0 fully saturated rings. The van der Waals surface area contributed by atoms with Crippen molar-refractivity contribution in [1.29, 1.82) is 0 Å². The van der Waals surface area contributed by atoms with Crippen LogP contribution in [0.5, 0.6) is 5.75 Å². The summed E-state index contributed by atoms with van der Waals surface area (Å²) in [5.74, 6) is 0.825. The molecule has 0 N–H and O–H groups in total. The van der Waals surface area contributed by atoms with E-state index in [-0.39, 0.29) is 13.0 Å². The average molecular weight is 287 g/mol. The van der Waals surface area contributed by atoms with Crippen LogP contribution in [0, 0.1) is 6.92 Å². The Morgan fingerprint density at radius 1 is 1.19 bits per heavy atom. The lowest BCUT2D eigenvalue weighted by atomic mass is 10.1. The molecule has 1 aromatic carbocycles. The van der Waals surface area contributed by atoms with Crippen molar-refractivity contribution >= 4 is 0 Å². The summed E-state index contributed by atoms with van der Waals surface area (Å²) in [7, 11) is 1.66. The summed E-state index contributed by atoms with van der Waals surface area (Å²) in [5.41, 5.74) is 3.00. The molecule has 0 unspecified atom stereocenters. The van der Waals surface area contributed by atoms with Crippen LogP contribution in [0.25, 0.3) is 11.1 Å². The number of methoxy groups -OCH3 is 1. The minimum absolute atomic E-state index is 0. The van der Waals surface area contributed by atoms with Gasteiger partial charge in [-0.15, -0.1) is 0 Å². The van der Waals surface area contributed by atoms with E-state index in [1.54, 1.807) is 7.11 Å². The fraction of sp³-hybridized carbons (Fsp3) is 0.389. The summed E-state index contributed by atoms with van der Waals surface area (Å²) >= 11 is 0. The Hall–Kier alpha value is -2.03. The number of hydrogen-bond donors (Lipinski definition) is 0. The molecule has 0 aliphatic carbocycles. The Kier molecular flexibility index (Phi) is 6.22. The molecule has 114 valence electrons. The number of nitrogens with zero attached hydrogens (tertiary/aromatic N) is 1. The van der Waals surface area contributed by atoms with Crippen LogP contribution in [0.4, 0.5) is 0 Å². The second-order valence-electron chi connectivity index (χ2n) is 5.00. The van der Waals surface area contributed by atoms with E-state index in [4.69, 9.17) is 4.74 Å². The molecule has 0 amide bonds. The first-order valence-corrected chi connectivity index (χ1v) is 7.01. The van der Waals surface area contributed by atoms with Gasteiger partial charge in [0.1, 0.15) is 5.75 Å². The Balaban J connectivity index is 0.00000220. The van der Waals surface area contributed by atoms with Gasteiger partial charge in [0, 0.05) is 18.3 Å². The number of unbranched alkanes of at least 4 members (excludes halogenated alkanes) is 1. The zero-order chi connectivity index (χ0) is 14.5. The van der Waals surface area contributed by atoms with E-state index in [0.717, 1.165) is 41.8 Å². The third-order valence-electron chi connectivity index (χ3n) is 3.42. The molecule has 2 rings (SSSR count). The molecule has 0 radical (unpaired) electrons. The van der Waals surface area contributed by atoms with Crippen molar-refractivity contribution in [1.82, 2.24) is 4.57 Å². The fourth-order valence-corrected chi connectivity index (χ4v) is 2.24. The highest BCUT2D eigenvalue weighted by Crippen LogP contribution is 2.23. The second-order valence-corrected chi connectivity index (χ2v) is 5.00. The molecule has 0 saturated heterocycles. The zero-order valence-corrected chi connectivity index (χ0v) is 12.3. The maximum Gasteiger partial charge on any atom is 0.253 e. The van der Waals surface area contributed by atoms with Crippen LogP contribution in [0.2, 0.25) is 0 Å². The molecule has 3 heteroatoms. The van der Waals surface area contributed by atoms with Gasteiger partial charge in [0.25, 0.3) is 5.56 Å². The van der Waals surface area contributed by atoms with E-state index in [2.05, 4.69) is 6.92 Å². The average Bonchev–Trinajstić information content (AvgIpc) is 2.48. The van der Waals surface area contributed by atoms with Crippen LogP contribution < -0.4 is 10.3 Å². The number of rotatable bonds is 5. The topological polar surface area (TPSA) is 31.2 Å². The van der Waals surface area contributed by atoms with Gasteiger partial charge in [-0.2, -0.15) is 0 Å². The molecule has 21 heavy (non-hydrogen) atoms. The zero-order valence-electron chi connectivity index (χ0n) is 12.3. The normalized spacial score (nSPS) is 10.0. The molecular weight excluding hydrogens is 262 g/mol. The summed E-state index contributed by atoms with van der Waals surface area (Å²) in [5, 5.41) is 0. The van der Waals surface area contributed by atoms with E-state index >= 15 is 0 Å². The number of benzene rings is 1. The van der Waals surface area contributed by atoms with Gasteiger partial charge >= 0.3 is 0 Å². The smallest absolute Gasteiger partial charge is 0.253 e. The number of aryl methyl sites for hydroxylation is 2. The lowest BCUT2D eigenvalue weighted by Gasteiger charge is -2.11. The maximum absolute atomic E-state index is 12.1. The first-order chi connectivity index (χ1) is 9.65. The highest BCUT2D eigenvalue weighted by atomic mass is 16.5. The van der Waals surface area contributed by atoms with Crippen LogP contribution in [-0.2, 0) is 6.54 Å². The number of pyridine rings is 1. The van der Waals surface area contributed by atoms with Crippen molar-refractivity contribution in [3.05, 3.63) is 52.4 Å². The van der Waals surface area contributed by atoms with E-state index < -0.39 is 0 Å². The molecular formula is C18H25NO2. The molecule has 0 atom stereocenters. The first kappa shape index (κ1) is 17.0. The van der Waals surface area contributed by atoms with Gasteiger partial charge in [-0.05, 0) is 42.7 Å². The fourth-order valence-electron chi connectivity index (χ4n) is 2.24. The van der Waals surface area contributed by atoms with Gasteiger partial charge in [0.2, 0.25) is 0 Å². The Morgan fingerprint density at radius 2 is 1.95 bits per heavy atom. The third kappa shape index (κ3) is 3.97. The van der Waals surface area contributed by atoms with E-state index in [9.17, 15) is 4.79 Å². The minimum atomic E-state index is 0. The number of ether oxygens (including phenoxy) is 1. The van der Waals surface area contributed by atoms with Crippen LogP contribution in [0.15, 0.2) is 41.3 Å². The van der Waals surface area contributed by atoms with Crippen molar-refractivity contribution in [2.75, 3.05) is 7.11 Å². The van der Waals surface area contributed by atoms with Crippen molar-refractivity contribution in [2.24, 2.45) is 0 Å². The Labute approximate surface area is 127 Å². The van der Waals surface area contributed by atoms with Crippen molar-refractivity contribution in [3.63, 3.8) is 0 Å². The molecule has 2 aromatic rings. The van der Waals surface area contributed by atoms with E-state index in [1.807, 2.05) is 48.0 Å². The van der Waals surface area contributed by atoms with Crippen molar-refractivity contribution < 1.29 is 4.74 Å².